The van der Waals surface area contributed by atoms with Gasteiger partial charge in [-0.25, -0.2) is 8.78 Å². The third-order valence-corrected chi connectivity index (χ3v) is 6.26. The van der Waals surface area contributed by atoms with E-state index in [4.69, 9.17) is 14.2 Å². The molecular weight excluding hydrogens is 520 g/mol. The van der Waals surface area contributed by atoms with Crippen molar-refractivity contribution in [1.82, 2.24) is 0 Å². The molecule has 0 aliphatic heterocycles. The fourth-order valence-corrected chi connectivity index (χ4v) is 3.99. The van der Waals surface area contributed by atoms with Gasteiger partial charge in [0.05, 0.1) is 13.2 Å². The van der Waals surface area contributed by atoms with E-state index in [0.717, 1.165) is 12.8 Å². The molecule has 4 aromatic rings. The quantitative estimate of drug-likeness (QED) is 0.0943. The molecule has 7 heteroatoms. The predicted octanol–water partition coefficient (Wildman–Crippen LogP) is 9.29. The zero-order valence-electron chi connectivity index (χ0n) is 22.2. The second-order valence-corrected chi connectivity index (χ2v) is 9.12. The molecule has 0 aliphatic rings. The summed E-state index contributed by atoms with van der Waals surface area (Å²) in [5, 5.41) is 0. The number of benzene rings is 4. The Morgan fingerprint density at radius 2 is 1.18 bits per heavy atom. The van der Waals surface area contributed by atoms with Crippen LogP contribution in [0, 0.1) is 23.3 Å². The van der Waals surface area contributed by atoms with Crippen LogP contribution in [0.5, 0.6) is 17.2 Å². The molecule has 208 valence electrons. The highest BCUT2D eigenvalue weighted by molar-refractivity contribution is 5.72. The smallest absolute Gasteiger partial charge is 0.204 e. The summed E-state index contributed by atoms with van der Waals surface area (Å²) in [6.45, 7) is 6.36. The molecule has 40 heavy (non-hydrogen) atoms. The van der Waals surface area contributed by atoms with Crippen LogP contribution in [0.1, 0.15) is 31.7 Å². The van der Waals surface area contributed by atoms with Crippen molar-refractivity contribution < 1.29 is 31.8 Å². The Kier molecular flexibility index (Phi) is 9.84. The average molecular weight is 551 g/mol. The maximum Gasteiger partial charge on any atom is 0.204 e. The lowest BCUT2D eigenvalue weighted by molar-refractivity contribution is 0.271. The van der Waals surface area contributed by atoms with E-state index in [0.29, 0.717) is 35.5 Å². The van der Waals surface area contributed by atoms with Crippen molar-refractivity contribution in [2.45, 2.75) is 32.8 Å². The van der Waals surface area contributed by atoms with E-state index in [1.54, 1.807) is 60.7 Å². The van der Waals surface area contributed by atoms with Crippen LogP contribution < -0.4 is 14.2 Å². The number of hydrogen-bond acceptors (Lipinski definition) is 3. The van der Waals surface area contributed by atoms with Gasteiger partial charge < -0.3 is 14.2 Å². The third kappa shape index (κ3) is 6.84. The Hall–Kier alpha value is -4.26. The Balaban J connectivity index is 1.42. The van der Waals surface area contributed by atoms with Gasteiger partial charge in [0.1, 0.15) is 12.4 Å². The summed E-state index contributed by atoms with van der Waals surface area (Å²) in [5.74, 6) is -3.97. The van der Waals surface area contributed by atoms with Gasteiger partial charge in [-0.2, -0.15) is 8.78 Å². The molecular formula is C33H30F4O3. The Morgan fingerprint density at radius 3 is 1.73 bits per heavy atom. The van der Waals surface area contributed by atoms with Gasteiger partial charge in [-0.15, -0.1) is 6.58 Å². The molecule has 0 saturated carbocycles. The van der Waals surface area contributed by atoms with E-state index in [2.05, 4.69) is 13.5 Å². The largest absolute Gasteiger partial charge is 0.494 e. The molecule has 4 rings (SSSR count). The standard InChI is InChI=1S/C33H30F4O3/c1-3-5-19-38-25-13-11-24(12-14-25)27-16-15-26(30(34)31(27)35)23-9-7-22(8-10-23)21-40-29-18-17-28(32(36)33(29)37)39-20-6-4-2/h4,7-18H,2-3,5-6,19-21H2,1H3. The highest BCUT2D eigenvalue weighted by Gasteiger charge is 2.18. The molecule has 0 unspecified atom stereocenters. The fourth-order valence-electron chi connectivity index (χ4n) is 3.99. The Labute approximate surface area is 231 Å². The van der Waals surface area contributed by atoms with Crippen molar-refractivity contribution in [1.29, 1.82) is 0 Å². The second-order valence-electron chi connectivity index (χ2n) is 9.12. The van der Waals surface area contributed by atoms with Gasteiger partial charge in [0.2, 0.25) is 11.6 Å². The molecule has 0 atom stereocenters. The SMILES string of the molecule is C=CCCOc1ccc(OCc2ccc(-c3ccc(-c4ccc(OCCCC)cc4)c(F)c3F)cc2)c(F)c1F. The van der Waals surface area contributed by atoms with E-state index in [9.17, 15) is 8.78 Å². The lowest BCUT2D eigenvalue weighted by atomic mass is 9.98. The number of hydrogen-bond donors (Lipinski definition) is 0. The van der Waals surface area contributed by atoms with Gasteiger partial charge in [-0.05, 0) is 53.8 Å². The van der Waals surface area contributed by atoms with Gasteiger partial charge in [0.15, 0.2) is 23.1 Å². The lowest BCUT2D eigenvalue weighted by Crippen LogP contribution is -2.03. The van der Waals surface area contributed by atoms with E-state index >= 15 is 8.78 Å². The topological polar surface area (TPSA) is 27.7 Å². The molecule has 0 fully saturated rings. The molecule has 4 aromatic carbocycles. The summed E-state index contributed by atoms with van der Waals surface area (Å²) in [4.78, 5) is 0. The van der Waals surface area contributed by atoms with Crippen LogP contribution in [0.2, 0.25) is 0 Å². The van der Waals surface area contributed by atoms with Crippen molar-refractivity contribution in [3.63, 3.8) is 0 Å². The van der Waals surface area contributed by atoms with Crippen LogP contribution >= 0.6 is 0 Å². The third-order valence-electron chi connectivity index (χ3n) is 6.26. The van der Waals surface area contributed by atoms with E-state index in [1.165, 1.54) is 18.2 Å². The van der Waals surface area contributed by atoms with Crippen LogP contribution in [-0.4, -0.2) is 13.2 Å². The summed E-state index contributed by atoms with van der Waals surface area (Å²) in [6, 6.07) is 19.1. The Morgan fingerprint density at radius 1 is 0.625 bits per heavy atom. The summed E-state index contributed by atoms with van der Waals surface area (Å²) in [5.41, 5.74) is 1.89. The van der Waals surface area contributed by atoms with Crippen LogP contribution in [0.3, 0.4) is 0 Å². The molecule has 0 aliphatic carbocycles. The minimum absolute atomic E-state index is 0.0543. The maximum atomic E-state index is 15.1. The summed E-state index contributed by atoms with van der Waals surface area (Å²) in [7, 11) is 0. The average Bonchev–Trinajstić information content (AvgIpc) is 2.97. The van der Waals surface area contributed by atoms with Crippen molar-refractivity contribution in [2.75, 3.05) is 13.2 Å². The zero-order chi connectivity index (χ0) is 28.5. The second kappa shape index (κ2) is 13.7. The predicted molar refractivity (Wildman–Crippen MR) is 149 cm³/mol. The first-order chi connectivity index (χ1) is 19.4. The first kappa shape index (κ1) is 28.7. The summed E-state index contributed by atoms with van der Waals surface area (Å²) >= 11 is 0. The van der Waals surface area contributed by atoms with Crippen molar-refractivity contribution in [3.05, 3.63) is 114 Å². The molecule has 3 nitrogen and oxygen atoms in total. The molecule has 0 aromatic heterocycles. The molecule has 0 saturated heterocycles. The van der Waals surface area contributed by atoms with Crippen molar-refractivity contribution in [2.24, 2.45) is 0 Å². The van der Waals surface area contributed by atoms with E-state index in [-0.39, 0.29) is 35.8 Å². The monoisotopic (exact) mass is 550 g/mol. The molecule has 0 heterocycles. The molecule has 0 bridgehead atoms. The highest BCUT2D eigenvalue weighted by Crippen LogP contribution is 2.33. The van der Waals surface area contributed by atoms with Crippen molar-refractivity contribution >= 4 is 0 Å². The molecule has 0 N–H and O–H groups in total. The van der Waals surface area contributed by atoms with E-state index in [1.807, 2.05) is 0 Å². The van der Waals surface area contributed by atoms with Gasteiger partial charge in [0, 0.05) is 11.1 Å². The number of rotatable bonds is 13. The minimum Gasteiger partial charge on any atom is -0.494 e. The van der Waals surface area contributed by atoms with Crippen molar-refractivity contribution in [3.8, 4) is 39.5 Å². The zero-order valence-corrected chi connectivity index (χ0v) is 22.2. The van der Waals surface area contributed by atoms with Crippen LogP contribution in [-0.2, 0) is 6.61 Å². The maximum absolute atomic E-state index is 15.1. The minimum atomic E-state index is -1.15. The molecule has 0 radical (unpaired) electrons. The van der Waals surface area contributed by atoms with Gasteiger partial charge in [-0.3, -0.25) is 0 Å². The normalized spacial score (nSPS) is 10.8. The highest BCUT2D eigenvalue weighted by atomic mass is 19.2. The first-order valence-corrected chi connectivity index (χ1v) is 13.1. The van der Waals surface area contributed by atoms with Gasteiger partial charge in [-0.1, -0.05) is 68.0 Å². The fraction of sp³-hybridized carbons (Fsp3) is 0.212. The van der Waals surface area contributed by atoms with Crippen LogP contribution in [0.25, 0.3) is 22.3 Å². The van der Waals surface area contributed by atoms with Gasteiger partial charge in [0.25, 0.3) is 0 Å². The number of unbranched alkanes of at least 4 members (excludes halogenated alkanes) is 1. The summed E-state index contributed by atoms with van der Waals surface area (Å²) in [6.07, 6.45) is 4.07. The number of ether oxygens (including phenoxy) is 3. The van der Waals surface area contributed by atoms with E-state index < -0.39 is 23.3 Å². The molecule has 0 spiro atoms. The number of halogens is 4. The van der Waals surface area contributed by atoms with Crippen LogP contribution in [0.4, 0.5) is 17.6 Å². The van der Waals surface area contributed by atoms with Gasteiger partial charge >= 0.3 is 0 Å². The Bertz CT molecular complexity index is 1430. The summed E-state index contributed by atoms with van der Waals surface area (Å²) < 4.78 is 75.1. The molecule has 0 amide bonds. The van der Waals surface area contributed by atoms with Crippen LogP contribution in [0.15, 0.2) is 85.5 Å². The lowest BCUT2D eigenvalue weighted by Gasteiger charge is -2.12. The first-order valence-electron chi connectivity index (χ1n) is 13.1.